The molecule has 0 saturated carbocycles. The van der Waals surface area contributed by atoms with Gasteiger partial charge in [-0.15, -0.1) is 11.3 Å². The first-order valence-electron chi connectivity index (χ1n) is 6.94. The minimum absolute atomic E-state index is 0.173. The molecule has 0 atom stereocenters. The lowest BCUT2D eigenvalue weighted by Gasteiger charge is -2.29. The summed E-state index contributed by atoms with van der Waals surface area (Å²) in [6, 6.07) is 0. The third kappa shape index (κ3) is 1.77. The van der Waals surface area contributed by atoms with Gasteiger partial charge >= 0.3 is 0 Å². The fourth-order valence-corrected chi connectivity index (χ4v) is 3.89. The van der Waals surface area contributed by atoms with Gasteiger partial charge in [-0.05, 0) is 26.3 Å². The predicted octanol–water partition coefficient (Wildman–Crippen LogP) is 1.15. The SMILES string of the molecule is Cc1n[nH]c2nc3sc4c(c3c(=O)n2c1=O)CC(C)(C)OC4. The van der Waals surface area contributed by atoms with E-state index in [0.29, 0.717) is 23.2 Å². The van der Waals surface area contributed by atoms with Crippen molar-refractivity contribution >= 4 is 27.3 Å². The molecule has 0 radical (unpaired) electrons. The summed E-state index contributed by atoms with van der Waals surface area (Å²) < 4.78 is 6.86. The molecule has 4 rings (SSSR count). The Morgan fingerprint density at radius 2 is 2.09 bits per heavy atom. The number of nitrogens with one attached hydrogen (secondary N) is 1. The number of rotatable bonds is 0. The molecule has 0 aliphatic carbocycles. The number of ether oxygens (including phenoxy) is 1. The molecule has 114 valence electrons. The molecule has 7 nitrogen and oxygen atoms in total. The summed E-state index contributed by atoms with van der Waals surface area (Å²) in [7, 11) is 0. The van der Waals surface area contributed by atoms with E-state index in [1.807, 2.05) is 13.8 Å². The normalized spacial score (nSPS) is 17.0. The lowest BCUT2D eigenvalue weighted by atomic mass is 9.94. The van der Waals surface area contributed by atoms with E-state index in [4.69, 9.17) is 4.74 Å². The van der Waals surface area contributed by atoms with Crippen LogP contribution in [0.2, 0.25) is 0 Å². The van der Waals surface area contributed by atoms with Crippen molar-refractivity contribution in [2.24, 2.45) is 0 Å². The average molecular weight is 318 g/mol. The molecule has 0 bridgehead atoms. The van der Waals surface area contributed by atoms with Crippen molar-refractivity contribution in [2.45, 2.75) is 39.4 Å². The standard InChI is InChI=1S/C14H14N4O3S/c1-6-11(19)18-12(20)9-7-4-14(2,3)21-5-8(7)22-10(9)15-13(18)17-16-6/h4-5H2,1-3H3,(H,15,17). The Hall–Kier alpha value is -2.06. The van der Waals surface area contributed by atoms with Crippen molar-refractivity contribution in [3.05, 3.63) is 36.8 Å². The highest BCUT2D eigenvalue weighted by Crippen LogP contribution is 2.36. The molecule has 3 aromatic heterocycles. The minimum atomic E-state index is -0.431. The first-order valence-corrected chi connectivity index (χ1v) is 7.75. The maximum atomic E-state index is 12.8. The Balaban J connectivity index is 2.17. The molecular weight excluding hydrogens is 304 g/mol. The van der Waals surface area contributed by atoms with E-state index < -0.39 is 5.56 Å². The maximum absolute atomic E-state index is 12.8. The molecule has 0 unspecified atom stereocenters. The van der Waals surface area contributed by atoms with Crippen molar-refractivity contribution in [2.75, 3.05) is 0 Å². The van der Waals surface area contributed by atoms with Crippen LogP contribution in [-0.2, 0) is 17.8 Å². The van der Waals surface area contributed by atoms with Gasteiger partial charge in [0.2, 0.25) is 5.78 Å². The van der Waals surface area contributed by atoms with E-state index in [2.05, 4.69) is 15.2 Å². The Labute approximate surface area is 128 Å². The molecule has 0 aromatic carbocycles. The summed E-state index contributed by atoms with van der Waals surface area (Å²) in [5.41, 5.74) is 0.107. The highest BCUT2D eigenvalue weighted by Gasteiger charge is 2.31. The van der Waals surface area contributed by atoms with Crippen molar-refractivity contribution in [1.29, 1.82) is 0 Å². The molecule has 8 heteroatoms. The third-order valence-corrected chi connectivity index (χ3v) is 5.04. The molecule has 0 fully saturated rings. The summed E-state index contributed by atoms with van der Waals surface area (Å²) >= 11 is 1.44. The van der Waals surface area contributed by atoms with Crippen LogP contribution in [0.5, 0.6) is 0 Å². The fourth-order valence-electron chi connectivity index (χ4n) is 2.80. The number of hydrogen-bond donors (Lipinski definition) is 1. The molecule has 4 heterocycles. The smallest absolute Gasteiger partial charge is 0.283 e. The minimum Gasteiger partial charge on any atom is -0.370 e. The first kappa shape index (κ1) is 13.6. The Kier molecular flexibility index (Phi) is 2.62. The Morgan fingerprint density at radius 1 is 1.32 bits per heavy atom. The Morgan fingerprint density at radius 3 is 2.86 bits per heavy atom. The van der Waals surface area contributed by atoms with Gasteiger partial charge in [-0.1, -0.05) is 0 Å². The average Bonchev–Trinajstić information content (AvgIpc) is 2.79. The zero-order valence-electron chi connectivity index (χ0n) is 12.4. The molecule has 3 aromatic rings. The van der Waals surface area contributed by atoms with Crippen molar-refractivity contribution in [3.63, 3.8) is 0 Å². The number of H-pyrrole nitrogens is 1. The van der Waals surface area contributed by atoms with Crippen LogP contribution in [-0.4, -0.2) is 25.2 Å². The topological polar surface area (TPSA) is 89.4 Å². The maximum Gasteiger partial charge on any atom is 0.283 e. The molecule has 22 heavy (non-hydrogen) atoms. The number of nitrogens with zero attached hydrogens (tertiary/aromatic N) is 3. The summed E-state index contributed by atoms with van der Waals surface area (Å²) in [4.78, 5) is 31.1. The summed E-state index contributed by atoms with van der Waals surface area (Å²) in [5, 5.41) is 7.08. The van der Waals surface area contributed by atoms with Gasteiger partial charge in [-0.3, -0.25) is 9.59 Å². The Bertz CT molecular complexity index is 1040. The van der Waals surface area contributed by atoms with Crippen LogP contribution in [0.1, 0.15) is 30.0 Å². The van der Waals surface area contributed by atoms with Gasteiger partial charge in [-0.25, -0.2) is 14.5 Å². The molecule has 0 spiro atoms. The van der Waals surface area contributed by atoms with Crippen LogP contribution in [0, 0.1) is 6.92 Å². The van der Waals surface area contributed by atoms with E-state index in [0.717, 1.165) is 14.8 Å². The van der Waals surface area contributed by atoms with Gasteiger partial charge in [0.25, 0.3) is 11.1 Å². The second-order valence-corrected chi connectivity index (χ2v) is 7.18. The molecule has 0 amide bonds. The zero-order valence-corrected chi connectivity index (χ0v) is 13.2. The predicted molar refractivity (Wildman–Crippen MR) is 82.6 cm³/mol. The number of aromatic nitrogens is 4. The molecule has 1 N–H and O–H groups in total. The van der Waals surface area contributed by atoms with E-state index in [1.165, 1.54) is 11.3 Å². The van der Waals surface area contributed by atoms with Crippen molar-refractivity contribution in [3.8, 4) is 0 Å². The fraction of sp³-hybridized carbons (Fsp3) is 0.429. The summed E-state index contributed by atoms with van der Waals surface area (Å²) in [6.07, 6.45) is 0.632. The van der Waals surface area contributed by atoms with E-state index in [-0.39, 0.29) is 22.6 Å². The quantitative estimate of drug-likeness (QED) is 0.671. The van der Waals surface area contributed by atoms with Crippen LogP contribution < -0.4 is 11.1 Å². The van der Waals surface area contributed by atoms with E-state index in [9.17, 15) is 9.59 Å². The number of aromatic amines is 1. The summed E-state index contributed by atoms with van der Waals surface area (Å²) in [5.74, 6) is 0.173. The number of hydrogen-bond acceptors (Lipinski definition) is 6. The van der Waals surface area contributed by atoms with Gasteiger partial charge in [0.05, 0.1) is 17.6 Å². The summed E-state index contributed by atoms with van der Waals surface area (Å²) in [6.45, 7) is 6.02. The third-order valence-electron chi connectivity index (χ3n) is 3.94. The van der Waals surface area contributed by atoms with Gasteiger partial charge < -0.3 is 4.74 Å². The van der Waals surface area contributed by atoms with Crippen molar-refractivity contribution < 1.29 is 4.74 Å². The second kappa shape index (κ2) is 4.23. The monoisotopic (exact) mass is 318 g/mol. The van der Waals surface area contributed by atoms with Crippen LogP contribution in [0.15, 0.2) is 9.59 Å². The van der Waals surface area contributed by atoms with E-state index >= 15 is 0 Å². The molecular formula is C14H14N4O3S. The second-order valence-electron chi connectivity index (χ2n) is 6.10. The van der Waals surface area contributed by atoms with Gasteiger partial charge in [0.15, 0.2) is 0 Å². The zero-order chi connectivity index (χ0) is 15.6. The first-order chi connectivity index (χ1) is 10.4. The van der Waals surface area contributed by atoms with Crippen molar-refractivity contribution in [1.82, 2.24) is 19.6 Å². The largest absolute Gasteiger partial charge is 0.370 e. The van der Waals surface area contributed by atoms with Crippen LogP contribution in [0.3, 0.4) is 0 Å². The lowest BCUT2D eigenvalue weighted by Crippen LogP contribution is -2.33. The number of aryl methyl sites for hydroxylation is 1. The molecule has 1 aliphatic rings. The van der Waals surface area contributed by atoms with Crippen LogP contribution in [0.25, 0.3) is 16.0 Å². The van der Waals surface area contributed by atoms with Gasteiger partial charge in [0, 0.05) is 11.3 Å². The van der Waals surface area contributed by atoms with Gasteiger partial charge in [-0.2, -0.15) is 5.10 Å². The van der Waals surface area contributed by atoms with Crippen LogP contribution >= 0.6 is 11.3 Å². The highest BCUT2D eigenvalue weighted by molar-refractivity contribution is 7.18. The lowest BCUT2D eigenvalue weighted by molar-refractivity contribution is -0.0379. The molecule has 1 aliphatic heterocycles. The van der Waals surface area contributed by atoms with Gasteiger partial charge in [0.1, 0.15) is 10.5 Å². The number of thiophene rings is 1. The highest BCUT2D eigenvalue weighted by atomic mass is 32.1. The van der Waals surface area contributed by atoms with Crippen LogP contribution in [0.4, 0.5) is 0 Å². The molecule has 0 saturated heterocycles. The number of fused-ring (bicyclic) bond motifs is 4. The van der Waals surface area contributed by atoms with E-state index in [1.54, 1.807) is 6.92 Å².